The molecule has 1 saturated heterocycles. The lowest BCUT2D eigenvalue weighted by Crippen LogP contribution is -2.34. The van der Waals surface area contributed by atoms with Crippen LogP contribution in [0, 0.1) is 11.8 Å². The first kappa shape index (κ1) is 15.3. The molecular formula is C11H19ClN4OS. The third-order valence-electron chi connectivity index (χ3n) is 3.25. The fourth-order valence-corrected chi connectivity index (χ4v) is 2.68. The van der Waals surface area contributed by atoms with Gasteiger partial charge in [-0.25, -0.2) is 0 Å². The fraction of sp³-hybridized carbons (Fsp3) is 0.727. The summed E-state index contributed by atoms with van der Waals surface area (Å²) in [5.74, 6) is 1.07. The number of nitrogens with zero attached hydrogens (tertiary/aromatic N) is 2. The van der Waals surface area contributed by atoms with Crippen LogP contribution < -0.4 is 10.6 Å². The summed E-state index contributed by atoms with van der Waals surface area (Å²) in [5.41, 5.74) is 1.62. The van der Waals surface area contributed by atoms with E-state index >= 15 is 0 Å². The van der Waals surface area contributed by atoms with Gasteiger partial charge in [0, 0.05) is 6.42 Å². The monoisotopic (exact) mass is 290 g/mol. The molecule has 2 rings (SSSR count). The Morgan fingerprint density at radius 1 is 1.72 bits per heavy atom. The number of halogens is 1. The van der Waals surface area contributed by atoms with Gasteiger partial charge >= 0.3 is 0 Å². The van der Waals surface area contributed by atoms with E-state index in [1.807, 2.05) is 0 Å². The molecule has 2 unspecified atom stereocenters. The number of amides is 1. The van der Waals surface area contributed by atoms with Crippen LogP contribution in [0.3, 0.4) is 0 Å². The van der Waals surface area contributed by atoms with Gasteiger partial charge in [-0.15, -0.1) is 22.6 Å². The Hall–Kier alpha value is -0.720. The molecule has 1 fully saturated rings. The largest absolute Gasteiger partial charge is 0.316 e. The third-order valence-corrected chi connectivity index (χ3v) is 3.86. The van der Waals surface area contributed by atoms with E-state index in [0.717, 1.165) is 13.1 Å². The lowest BCUT2D eigenvalue weighted by atomic mass is 9.85. The maximum Gasteiger partial charge on any atom is 0.226 e. The second-order valence-corrected chi connectivity index (χ2v) is 5.41. The summed E-state index contributed by atoms with van der Waals surface area (Å²) < 4.78 is 0. The Bertz CT molecular complexity index is 354. The van der Waals surface area contributed by atoms with Gasteiger partial charge in [-0.3, -0.25) is 4.79 Å². The summed E-state index contributed by atoms with van der Waals surface area (Å²) in [5, 5.41) is 14.2. The highest BCUT2D eigenvalue weighted by molar-refractivity contribution is 7.13. The predicted molar refractivity (Wildman–Crippen MR) is 75.2 cm³/mol. The second kappa shape index (κ2) is 7.66. The first-order chi connectivity index (χ1) is 8.25. The molecule has 7 heteroatoms. The van der Waals surface area contributed by atoms with Crippen LogP contribution in [0.2, 0.25) is 0 Å². The van der Waals surface area contributed by atoms with Gasteiger partial charge in [0.1, 0.15) is 5.51 Å². The molecule has 0 saturated carbocycles. The Labute approximate surface area is 117 Å². The van der Waals surface area contributed by atoms with Crippen LogP contribution in [-0.4, -0.2) is 29.2 Å². The molecule has 0 spiro atoms. The van der Waals surface area contributed by atoms with Crippen molar-refractivity contribution in [1.29, 1.82) is 0 Å². The SMILES string of the molecule is CC(CC(=O)Nc1nncs1)C1CCCNC1.Cl. The minimum atomic E-state index is 0. The zero-order valence-corrected chi connectivity index (χ0v) is 12.0. The number of hydrogen-bond donors (Lipinski definition) is 2. The van der Waals surface area contributed by atoms with Crippen LogP contribution >= 0.6 is 23.7 Å². The third kappa shape index (κ3) is 4.51. The number of carbonyl (C=O) groups is 1. The Balaban J connectivity index is 0.00000162. The van der Waals surface area contributed by atoms with Crippen molar-refractivity contribution in [3.8, 4) is 0 Å². The summed E-state index contributed by atoms with van der Waals surface area (Å²) in [6, 6.07) is 0. The number of aromatic nitrogens is 2. The van der Waals surface area contributed by atoms with Crippen molar-refractivity contribution < 1.29 is 4.79 Å². The number of anilines is 1. The van der Waals surface area contributed by atoms with Gasteiger partial charge < -0.3 is 10.6 Å². The minimum absolute atomic E-state index is 0. The van der Waals surface area contributed by atoms with E-state index in [4.69, 9.17) is 0 Å². The van der Waals surface area contributed by atoms with E-state index in [0.29, 0.717) is 23.4 Å². The smallest absolute Gasteiger partial charge is 0.226 e. The molecule has 0 radical (unpaired) electrons. The molecule has 2 atom stereocenters. The number of piperidine rings is 1. The van der Waals surface area contributed by atoms with Crippen LogP contribution in [0.5, 0.6) is 0 Å². The number of carbonyl (C=O) groups excluding carboxylic acids is 1. The molecule has 102 valence electrons. The minimum Gasteiger partial charge on any atom is -0.316 e. The van der Waals surface area contributed by atoms with Crippen molar-refractivity contribution in [2.24, 2.45) is 11.8 Å². The lowest BCUT2D eigenvalue weighted by Gasteiger charge is -2.27. The number of nitrogens with one attached hydrogen (secondary N) is 2. The van der Waals surface area contributed by atoms with Gasteiger partial charge in [0.05, 0.1) is 0 Å². The molecule has 18 heavy (non-hydrogen) atoms. The predicted octanol–water partition coefficient (Wildman–Crippen LogP) is 1.92. The van der Waals surface area contributed by atoms with E-state index in [2.05, 4.69) is 27.8 Å². The van der Waals surface area contributed by atoms with E-state index in [1.54, 1.807) is 5.51 Å². The van der Waals surface area contributed by atoms with Gasteiger partial charge in [0.15, 0.2) is 0 Å². The molecule has 1 aliphatic rings. The van der Waals surface area contributed by atoms with Crippen molar-refractivity contribution in [2.45, 2.75) is 26.2 Å². The first-order valence-corrected chi connectivity index (χ1v) is 6.90. The van der Waals surface area contributed by atoms with Crippen LogP contribution in [0.1, 0.15) is 26.2 Å². The highest BCUT2D eigenvalue weighted by Crippen LogP contribution is 2.23. The molecule has 0 aliphatic carbocycles. The lowest BCUT2D eigenvalue weighted by molar-refractivity contribution is -0.117. The van der Waals surface area contributed by atoms with Gasteiger partial charge in [0.25, 0.3) is 0 Å². The van der Waals surface area contributed by atoms with Crippen LogP contribution in [0.4, 0.5) is 5.13 Å². The Morgan fingerprint density at radius 2 is 2.56 bits per heavy atom. The summed E-state index contributed by atoms with van der Waals surface area (Å²) in [6.07, 6.45) is 3.00. The molecule has 1 aromatic heterocycles. The zero-order chi connectivity index (χ0) is 12.1. The van der Waals surface area contributed by atoms with E-state index < -0.39 is 0 Å². The molecule has 2 N–H and O–H groups in total. The second-order valence-electron chi connectivity index (χ2n) is 4.58. The van der Waals surface area contributed by atoms with E-state index in [-0.39, 0.29) is 18.3 Å². The normalized spacial score (nSPS) is 20.8. The van der Waals surface area contributed by atoms with Gasteiger partial charge in [0.2, 0.25) is 11.0 Å². The van der Waals surface area contributed by atoms with Crippen molar-refractivity contribution in [3.05, 3.63) is 5.51 Å². The van der Waals surface area contributed by atoms with E-state index in [9.17, 15) is 4.79 Å². The fourth-order valence-electron chi connectivity index (χ4n) is 2.22. The number of hydrogen-bond acceptors (Lipinski definition) is 5. The van der Waals surface area contributed by atoms with Crippen molar-refractivity contribution in [2.75, 3.05) is 18.4 Å². The zero-order valence-electron chi connectivity index (χ0n) is 10.4. The van der Waals surface area contributed by atoms with Gasteiger partial charge in [-0.05, 0) is 37.8 Å². The van der Waals surface area contributed by atoms with Crippen molar-refractivity contribution >= 4 is 34.8 Å². The maximum atomic E-state index is 11.8. The average molecular weight is 291 g/mol. The summed E-state index contributed by atoms with van der Waals surface area (Å²) in [6.45, 7) is 4.30. The van der Waals surface area contributed by atoms with Crippen LogP contribution in [0.15, 0.2) is 5.51 Å². The molecule has 0 bridgehead atoms. The first-order valence-electron chi connectivity index (χ1n) is 6.02. The summed E-state index contributed by atoms with van der Waals surface area (Å²) in [7, 11) is 0. The van der Waals surface area contributed by atoms with E-state index in [1.165, 1.54) is 24.2 Å². The highest BCUT2D eigenvalue weighted by atomic mass is 35.5. The standard InChI is InChI=1S/C11H18N4OS.ClH/c1-8(9-3-2-4-12-6-9)5-10(16)14-11-15-13-7-17-11;/h7-9,12H,2-6H2,1H3,(H,14,15,16);1H. The molecular weight excluding hydrogens is 272 g/mol. The van der Waals surface area contributed by atoms with Gasteiger partial charge in [-0.2, -0.15) is 0 Å². The van der Waals surface area contributed by atoms with Gasteiger partial charge in [-0.1, -0.05) is 18.3 Å². The highest BCUT2D eigenvalue weighted by Gasteiger charge is 2.22. The topological polar surface area (TPSA) is 66.9 Å². The molecule has 1 aromatic rings. The van der Waals surface area contributed by atoms with Crippen LogP contribution in [-0.2, 0) is 4.79 Å². The molecule has 1 aliphatic heterocycles. The van der Waals surface area contributed by atoms with Crippen molar-refractivity contribution in [1.82, 2.24) is 15.5 Å². The molecule has 1 amide bonds. The Kier molecular flexibility index (Phi) is 6.52. The van der Waals surface area contributed by atoms with Crippen LogP contribution in [0.25, 0.3) is 0 Å². The average Bonchev–Trinajstić information content (AvgIpc) is 2.82. The van der Waals surface area contributed by atoms with Crippen molar-refractivity contribution in [3.63, 3.8) is 0 Å². The maximum absolute atomic E-state index is 11.8. The molecule has 0 aromatic carbocycles. The quantitative estimate of drug-likeness (QED) is 0.889. The summed E-state index contributed by atoms with van der Waals surface area (Å²) in [4.78, 5) is 11.8. The Morgan fingerprint density at radius 3 is 3.17 bits per heavy atom. The number of rotatable bonds is 4. The molecule has 5 nitrogen and oxygen atoms in total. The molecule has 2 heterocycles. The summed E-state index contributed by atoms with van der Waals surface area (Å²) >= 11 is 1.35.